The number of carbonyl (C=O) groups excluding carboxylic acids is 2. The third-order valence-corrected chi connectivity index (χ3v) is 7.22. The van der Waals surface area contributed by atoms with Crippen LogP contribution in [0.25, 0.3) is 0 Å². The van der Waals surface area contributed by atoms with Crippen molar-refractivity contribution in [3.05, 3.63) is 71.3 Å². The highest BCUT2D eigenvalue weighted by atomic mass is 16.2. The zero-order valence-corrected chi connectivity index (χ0v) is 21.3. The molecule has 1 aliphatic rings. The Kier molecular flexibility index (Phi) is 8.54. The molecule has 0 aromatic heterocycles. The number of benzene rings is 2. The van der Waals surface area contributed by atoms with Gasteiger partial charge < -0.3 is 10.6 Å². The van der Waals surface area contributed by atoms with Gasteiger partial charge in [-0.1, -0.05) is 63.2 Å². The van der Waals surface area contributed by atoms with Crippen molar-refractivity contribution in [1.29, 1.82) is 0 Å². The number of aliphatic imine (C=N–C) groups is 1. The van der Waals surface area contributed by atoms with Crippen LogP contribution in [-0.2, 0) is 11.3 Å². The molecule has 0 bridgehead atoms. The second-order valence-corrected chi connectivity index (χ2v) is 10.6. The molecule has 35 heavy (non-hydrogen) atoms. The first kappa shape index (κ1) is 26.3. The number of rotatable bonds is 6. The van der Waals surface area contributed by atoms with Gasteiger partial charge in [0.25, 0.3) is 11.9 Å². The highest BCUT2D eigenvalue weighted by Crippen LogP contribution is 2.39. The van der Waals surface area contributed by atoms with Crippen molar-refractivity contribution in [2.24, 2.45) is 27.2 Å². The summed E-state index contributed by atoms with van der Waals surface area (Å²) in [6.45, 7) is 9.40. The van der Waals surface area contributed by atoms with Crippen LogP contribution in [-0.4, -0.2) is 28.7 Å². The van der Waals surface area contributed by atoms with Gasteiger partial charge in [-0.25, -0.2) is 0 Å². The van der Waals surface area contributed by atoms with E-state index in [-0.39, 0.29) is 29.2 Å². The van der Waals surface area contributed by atoms with Crippen molar-refractivity contribution >= 4 is 17.8 Å². The summed E-state index contributed by atoms with van der Waals surface area (Å²) in [7, 11) is 0. The Balaban J connectivity index is 1.81. The Hall–Kier alpha value is -3.35. The second kappa shape index (κ2) is 11.4. The van der Waals surface area contributed by atoms with Crippen molar-refractivity contribution in [3.63, 3.8) is 0 Å². The summed E-state index contributed by atoms with van der Waals surface area (Å²) in [6, 6.07) is 17.3. The average Bonchev–Trinajstić information content (AvgIpc) is 2.86. The van der Waals surface area contributed by atoms with E-state index in [1.807, 2.05) is 49.4 Å². The molecular formula is C28H38N5O2+. The highest BCUT2D eigenvalue weighted by Gasteiger charge is 2.35. The highest BCUT2D eigenvalue weighted by molar-refractivity contribution is 6.02. The maximum Gasteiger partial charge on any atom is 0.288 e. The van der Waals surface area contributed by atoms with E-state index in [1.54, 1.807) is 12.1 Å². The van der Waals surface area contributed by atoms with Gasteiger partial charge in [0.05, 0.1) is 5.92 Å². The van der Waals surface area contributed by atoms with Crippen LogP contribution in [0.3, 0.4) is 0 Å². The largest absolute Gasteiger partial charge is 0.363 e. The molecule has 1 saturated carbocycles. The van der Waals surface area contributed by atoms with Gasteiger partial charge in [0.15, 0.2) is 0 Å². The van der Waals surface area contributed by atoms with Gasteiger partial charge >= 0.3 is 0 Å². The van der Waals surface area contributed by atoms with Crippen LogP contribution in [0.2, 0.25) is 0 Å². The molecule has 2 aromatic carbocycles. The molecule has 0 spiro atoms. The maximum absolute atomic E-state index is 13.8. The summed E-state index contributed by atoms with van der Waals surface area (Å²) in [5, 5.41) is 3.21. The second-order valence-electron chi connectivity index (χ2n) is 10.6. The van der Waals surface area contributed by atoms with E-state index >= 15 is 0 Å². The molecule has 1 aliphatic carbocycles. The molecule has 4 N–H and O–H groups in total. The molecule has 0 heterocycles. The van der Waals surface area contributed by atoms with Crippen LogP contribution in [0.4, 0.5) is 0 Å². The average molecular weight is 477 g/mol. The van der Waals surface area contributed by atoms with Crippen molar-refractivity contribution in [3.8, 4) is 0 Å². The minimum absolute atomic E-state index is 0.137. The summed E-state index contributed by atoms with van der Waals surface area (Å²) < 4.78 is 0. The fourth-order valence-electron chi connectivity index (χ4n) is 4.92. The van der Waals surface area contributed by atoms with Gasteiger partial charge in [0, 0.05) is 23.3 Å². The lowest BCUT2D eigenvalue weighted by Crippen LogP contribution is -2.44. The topological polar surface area (TPSA) is 114 Å². The van der Waals surface area contributed by atoms with Crippen LogP contribution in [0.5, 0.6) is 0 Å². The predicted molar refractivity (Wildman–Crippen MR) is 137 cm³/mol. The molecule has 1 unspecified atom stereocenters. The van der Waals surface area contributed by atoms with E-state index in [0.717, 1.165) is 36.8 Å². The number of hydrogen-bond acceptors (Lipinski definition) is 2. The lowest BCUT2D eigenvalue weighted by Gasteiger charge is -2.42. The van der Waals surface area contributed by atoms with Gasteiger partial charge in [0.1, 0.15) is 0 Å². The maximum atomic E-state index is 13.8. The Morgan fingerprint density at radius 3 is 2.17 bits per heavy atom. The van der Waals surface area contributed by atoms with Crippen molar-refractivity contribution < 1.29 is 15.1 Å². The van der Waals surface area contributed by atoms with Crippen LogP contribution in [0.1, 0.15) is 80.8 Å². The number of guanidine groups is 1. The minimum atomic E-state index is -0.505. The Labute approximate surface area is 208 Å². The Morgan fingerprint density at radius 1 is 1.03 bits per heavy atom. The first-order valence-corrected chi connectivity index (χ1v) is 12.3. The van der Waals surface area contributed by atoms with Crippen LogP contribution >= 0.6 is 0 Å². The van der Waals surface area contributed by atoms with Crippen LogP contribution in [0.15, 0.2) is 64.7 Å². The van der Waals surface area contributed by atoms with Crippen LogP contribution < -0.4 is 11.3 Å². The number of nitrogens with two attached hydrogens (primary N) is 2. The van der Waals surface area contributed by atoms with Gasteiger partial charge in [-0.15, -0.1) is 5.53 Å². The summed E-state index contributed by atoms with van der Waals surface area (Å²) in [5.74, 6) is -0.195. The molecule has 7 nitrogen and oxygen atoms in total. The minimum Gasteiger partial charge on any atom is -0.363 e. The van der Waals surface area contributed by atoms with Gasteiger partial charge in [-0.05, 0) is 67.2 Å². The Bertz CT molecular complexity index is 1050. The molecule has 3 rings (SSSR count). The normalized spacial score (nSPS) is 19.6. The molecular weight excluding hydrogens is 438 g/mol. The molecule has 7 heteroatoms. The SMILES string of the molecule is CC(C(=O)N(Cc1ccc(C(=O)N=C(N)N=[NH2+])cc1)C1CCC(C(C)(C)C)CC1)c1ccccc1. The summed E-state index contributed by atoms with van der Waals surface area (Å²) in [4.78, 5) is 31.7. The molecule has 1 atom stereocenters. The van der Waals surface area contributed by atoms with E-state index in [2.05, 4.69) is 35.8 Å². The van der Waals surface area contributed by atoms with E-state index in [1.165, 1.54) is 0 Å². The number of amides is 2. The molecule has 0 saturated heterocycles. The van der Waals surface area contributed by atoms with Gasteiger partial charge in [0.2, 0.25) is 5.91 Å². The zero-order valence-electron chi connectivity index (χ0n) is 21.3. The van der Waals surface area contributed by atoms with E-state index in [4.69, 9.17) is 11.3 Å². The summed E-state index contributed by atoms with van der Waals surface area (Å²) >= 11 is 0. The standard InChI is InChI=1S/C28H37N5O2/c1-19(21-8-6-5-7-9-21)26(35)33(24-16-14-23(15-17-24)28(2,3)4)18-20-10-12-22(13-11-20)25(34)31-27(29)32-30/h5-13,19,23-24,30H,14-18H2,1-4H3,(H2,29,31,34)/p+1. The lowest BCUT2D eigenvalue weighted by molar-refractivity contribution is -0.207. The summed E-state index contributed by atoms with van der Waals surface area (Å²) in [5.41, 5.74) is 13.1. The molecule has 0 aliphatic heterocycles. The molecule has 2 amide bonds. The first-order valence-electron chi connectivity index (χ1n) is 12.3. The predicted octanol–water partition coefficient (Wildman–Crippen LogP) is 4.09. The fraction of sp³-hybridized carbons (Fsp3) is 0.464. The monoisotopic (exact) mass is 476 g/mol. The van der Waals surface area contributed by atoms with E-state index in [9.17, 15) is 9.59 Å². The van der Waals surface area contributed by atoms with Crippen molar-refractivity contribution in [2.75, 3.05) is 0 Å². The lowest BCUT2D eigenvalue weighted by atomic mass is 9.71. The third kappa shape index (κ3) is 6.84. The smallest absolute Gasteiger partial charge is 0.288 e. The molecule has 1 fully saturated rings. The van der Waals surface area contributed by atoms with Crippen LogP contribution in [0, 0.1) is 11.3 Å². The van der Waals surface area contributed by atoms with E-state index in [0.29, 0.717) is 18.0 Å². The Morgan fingerprint density at radius 2 is 1.63 bits per heavy atom. The molecule has 186 valence electrons. The molecule has 0 radical (unpaired) electrons. The van der Waals surface area contributed by atoms with Crippen molar-refractivity contribution in [1.82, 2.24) is 4.90 Å². The van der Waals surface area contributed by atoms with Crippen molar-refractivity contribution in [2.45, 2.75) is 71.9 Å². The van der Waals surface area contributed by atoms with Gasteiger partial charge in [-0.3, -0.25) is 9.59 Å². The number of nitrogens with zero attached hydrogens (tertiary/aromatic N) is 3. The quantitative estimate of drug-likeness (QED) is 0.372. The number of carbonyl (C=O) groups is 2. The summed E-state index contributed by atoms with van der Waals surface area (Å²) in [6.07, 6.45) is 4.25. The zero-order chi connectivity index (χ0) is 25.6. The fourth-order valence-corrected chi connectivity index (χ4v) is 4.92. The third-order valence-electron chi connectivity index (χ3n) is 7.22. The van der Waals surface area contributed by atoms with E-state index < -0.39 is 5.91 Å². The van der Waals surface area contributed by atoms with Gasteiger partial charge in [-0.2, -0.15) is 4.99 Å². The first-order chi connectivity index (χ1) is 16.6. The number of hydrogen-bond donors (Lipinski definition) is 2. The molecule has 2 aromatic rings.